The van der Waals surface area contributed by atoms with Gasteiger partial charge in [-0.25, -0.2) is 0 Å². The summed E-state index contributed by atoms with van der Waals surface area (Å²) in [6.45, 7) is 13.6. The lowest BCUT2D eigenvalue weighted by Crippen LogP contribution is -2.60. The molecule has 0 radical (unpaired) electrons. The predicted molar refractivity (Wildman–Crippen MR) is 194 cm³/mol. The monoisotopic (exact) mass is 752 g/mol. The van der Waals surface area contributed by atoms with E-state index in [1.165, 1.54) is 21.0 Å². The summed E-state index contributed by atoms with van der Waals surface area (Å²) in [4.78, 5) is 17.3. The number of aliphatic hydroxyl groups excluding tert-OH is 3. The highest BCUT2D eigenvalue weighted by Crippen LogP contribution is 2.40. The maximum absolute atomic E-state index is 14.3. The van der Waals surface area contributed by atoms with E-state index in [4.69, 9.17) is 32.5 Å². The molecular formula is C38H72N2O12. The third kappa shape index (κ3) is 10.0. The van der Waals surface area contributed by atoms with Gasteiger partial charge in [0.2, 0.25) is 0 Å². The summed E-state index contributed by atoms with van der Waals surface area (Å²) in [6.07, 6.45) is -9.99. The standard InChI is InChI=1S/C38H72N2O12/c1-15-27-38(10,46)31(42)24(6)40(13)19-20(2)17-36(8,45)33(52-35-29(41)26(39(11)12)16-21(3)48-35)22(4)30(23(5)34(44)50-27)51-28-18-37(9,47-14)32(43)25(7)49-28/h20-33,35,41-43,45-46H,15-19H2,1-14H3/t20-,21?,22+,23-,24-,25?,26?,27-,28?,29?,30+,31-,32?,33-,35?,36-,37?,38-/m1/s1/i13D3. The minimum Gasteiger partial charge on any atom is -0.459 e. The van der Waals surface area contributed by atoms with E-state index in [0.29, 0.717) is 6.42 Å². The Kier molecular flexibility index (Phi) is 14.0. The van der Waals surface area contributed by atoms with Gasteiger partial charge in [0.1, 0.15) is 30.0 Å². The van der Waals surface area contributed by atoms with Gasteiger partial charge < -0.3 is 63.8 Å². The van der Waals surface area contributed by atoms with E-state index in [9.17, 15) is 30.3 Å². The Hall–Kier alpha value is -1.01. The molecule has 3 aliphatic heterocycles. The number of ether oxygens (including phenoxy) is 6. The number of rotatable bonds is 7. The van der Waals surface area contributed by atoms with Gasteiger partial charge in [0, 0.05) is 42.2 Å². The molecule has 0 amide bonds. The van der Waals surface area contributed by atoms with E-state index >= 15 is 0 Å². The van der Waals surface area contributed by atoms with Crippen molar-refractivity contribution in [3.63, 3.8) is 0 Å². The number of carbonyl (C=O) groups is 1. The van der Waals surface area contributed by atoms with Gasteiger partial charge in [0.15, 0.2) is 12.6 Å². The van der Waals surface area contributed by atoms with E-state index in [0.717, 1.165) is 4.90 Å². The van der Waals surface area contributed by atoms with E-state index in [1.54, 1.807) is 48.5 Å². The average Bonchev–Trinajstić information content (AvgIpc) is 3.08. The molecule has 5 N–H and O–H groups in total. The first kappa shape index (κ1) is 40.6. The fourth-order valence-electron chi connectivity index (χ4n) is 8.51. The van der Waals surface area contributed by atoms with Crippen LogP contribution in [0.3, 0.4) is 0 Å². The van der Waals surface area contributed by atoms with E-state index < -0.39 is 109 Å². The fourth-order valence-corrected chi connectivity index (χ4v) is 8.51. The van der Waals surface area contributed by atoms with Crippen LogP contribution in [0.4, 0.5) is 0 Å². The minimum absolute atomic E-state index is 0.0305. The van der Waals surface area contributed by atoms with Crippen molar-refractivity contribution in [3.8, 4) is 0 Å². The molecule has 306 valence electrons. The maximum Gasteiger partial charge on any atom is 0.311 e. The van der Waals surface area contributed by atoms with Gasteiger partial charge in [-0.3, -0.25) is 4.79 Å². The second-order valence-corrected chi connectivity index (χ2v) is 16.9. The van der Waals surface area contributed by atoms with Crippen molar-refractivity contribution in [1.82, 2.24) is 9.80 Å². The number of methoxy groups -OCH3 is 1. The number of likely N-dealkylation sites (N-methyl/N-ethyl adjacent to an activating group) is 2. The summed E-state index contributed by atoms with van der Waals surface area (Å²) >= 11 is 0. The first-order valence-electron chi connectivity index (χ1n) is 20.4. The summed E-state index contributed by atoms with van der Waals surface area (Å²) in [5.41, 5.74) is -4.92. The molecule has 0 aromatic carbocycles. The Morgan fingerprint density at radius 1 is 0.981 bits per heavy atom. The minimum atomic E-state index is -2.71. The molecule has 18 atom stereocenters. The Morgan fingerprint density at radius 2 is 1.62 bits per heavy atom. The van der Waals surface area contributed by atoms with Crippen LogP contribution in [0.25, 0.3) is 0 Å². The molecule has 3 heterocycles. The van der Waals surface area contributed by atoms with Gasteiger partial charge in [-0.2, -0.15) is 0 Å². The van der Waals surface area contributed by atoms with Crippen molar-refractivity contribution < 1.29 is 62.9 Å². The lowest BCUT2D eigenvalue weighted by atomic mass is 9.77. The van der Waals surface area contributed by atoms with Gasteiger partial charge in [-0.05, 0) is 94.7 Å². The highest BCUT2D eigenvalue weighted by atomic mass is 16.7. The van der Waals surface area contributed by atoms with Crippen LogP contribution >= 0.6 is 0 Å². The van der Waals surface area contributed by atoms with Gasteiger partial charge in [-0.15, -0.1) is 0 Å². The van der Waals surface area contributed by atoms with Crippen LogP contribution < -0.4 is 0 Å². The zero-order valence-electron chi connectivity index (χ0n) is 36.7. The van der Waals surface area contributed by atoms with Crippen molar-refractivity contribution in [2.24, 2.45) is 17.8 Å². The van der Waals surface area contributed by atoms with Crippen LogP contribution in [0.2, 0.25) is 0 Å². The molecule has 0 bridgehead atoms. The lowest BCUT2D eigenvalue weighted by molar-refractivity contribution is -0.318. The molecule has 3 saturated heterocycles. The molecule has 0 aromatic rings. The number of hydrogen-bond donors (Lipinski definition) is 5. The van der Waals surface area contributed by atoms with Crippen LogP contribution in [-0.4, -0.2) is 166 Å². The quantitative estimate of drug-likeness (QED) is 0.238. The molecule has 3 rings (SSSR count). The van der Waals surface area contributed by atoms with Gasteiger partial charge in [-0.1, -0.05) is 20.8 Å². The molecule has 0 spiro atoms. The van der Waals surface area contributed by atoms with E-state index in [-0.39, 0.29) is 38.0 Å². The van der Waals surface area contributed by atoms with Crippen LogP contribution in [0, 0.1) is 17.8 Å². The molecule has 52 heavy (non-hydrogen) atoms. The molecule has 14 heteroatoms. The second-order valence-electron chi connectivity index (χ2n) is 16.9. The molecule has 3 aliphatic rings. The first-order chi connectivity index (χ1) is 25.1. The Bertz CT molecular complexity index is 1250. The summed E-state index contributed by atoms with van der Waals surface area (Å²) in [5, 5.41) is 58.4. The van der Waals surface area contributed by atoms with Gasteiger partial charge >= 0.3 is 5.97 Å². The summed E-state index contributed by atoms with van der Waals surface area (Å²) in [7, 11) is 5.16. The van der Waals surface area contributed by atoms with E-state index in [1.807, 2.05) is 25.9 Å². The zero-order valence-corrected chi connectivity index (χ0v) is 33.7. The fraction of sp³-hybridized carbons (Fsp3) is 0.974. The van der Waals surface area contributed by atoms with Crippen molar-refractivity contribution in [2.75, 3.05) is 34.7 Å². The van der Waals surface area contributed by atoms with Gasteiger partial charge in [0.25, 0.3) is 0 Å². The van der Waals surface area contributed by atoms with Crippen molar-refractivity contribution in [3.05, 3.63) is 0 Å². The average molecular weight is 752 g/mol. The molecular weight excluding hydrogens is 676 g/mol. The third-order valence-corrected chi connectivity index (χ3v) is 11.9. The van der Waals surface area contributed by atoms with Crippen molar-refractivity contribution >= 4 is 5.97 Å². The Balaban J connectivity index is 2.23. The number of nitrogens with zero attached hydrogens (tertiary/aromatic N) is 2. The van der Waals surface area contributed by atoms with Crippen LogP contribution in [-0.2, 0) is 33.2 Å². The van der Waals surface area contributed by atoms with Gasteiger partial charge in [0.05, 0.1) is 41.5 Å². The predicted octanol–water partition coefficient (Wildman–Crippen LogP) is 1.90. The maximum atomic E-state index is 14.3. The molecule has 0 saturated carbocycles. The van der Waals surface area contributed by atoms with Crippen LogP contribution in [0.1, 0.15) is 99.0 Å². The third-order valence-electron chi connectivity index (χ3n) is 11.9. The van der Waals surface area contributed by atoms with Crippen LogP contribution in [0.5, 0.6) is 0 Å². The highest BCUT2D eigenvalue weighted by Gasteiger charge is 2.52. The Morgan fingerprint density at radius 3 is 2.17 bits per heavy atom. The summed E-state index contributed by atoms with van der Waals surface area (Å²) in [6, 6.07) is -1.48. The molecule has 0 aliphatic carbocycles. The normalized spacial score (nSPS) is 50.7. The largest absolute Gasteiger partial charge is 0.459 e. The lowest BCUT2D eigenvalue weighted by Gasteiger charge is -2.48. The smallest absolute Gasteiger partial charge is 0.311 e. The molecule has 14 nitrogen and oxygen atoms in total. The van der Waals surface area contributed by atoms with Crippen molar-refractivity contribution in [2.45, 2.75) is 185 Å². The molecule has 0 aromatic heterocycles. The topological polar surface area (TPSA) is 180 Å². The highest BCUT2D eigenvalue weighted by molar-refractivity contribution is 5.73. The van der Waals surface area contributed by atoms with Crippen LogP contribution in [0.15, 0.2) is 0 Å². The SMILES string of the molecule is [2H]C([2H])([2H])N1C[C@H](C)C[C@@](C)(O)[C@H](OC2OC(C)CC(N(C)C)C2O)[C@@H](C)[C@H](OC2CC(C)(OC)C(O)C(C)O2)[C@@H](C)C(=O)O[C@H](CC)[C@@](C)(O)[C@H](O)[C@H]1C. The van der Waals surface area contributed by atoms with E-state index in [2.05, 4.69) is 0 Å². The number of cyclic esters (lactones) is 1. The number of aliphatic hydroxyl groups is 5. The molecule has 8 unspecified atom stereocenters. The Labute approximate surface area is 316 Å². The number of hydrogen-bond acceptors (Lipinski definition) is 14. The van der Waals surface area contributed by atoms with Crippen molar-refractivity contribution in [1.29, 1.82) is 0 Å². The summed E-state index contributed by atoms with van der Waals surface area (Å²) < 4.78 is 62.4. The first-order valence-corrected chi connectivity index (χ1v) is 18.9. The molecule has 3 fully saturated rings. The summed E-state index contributed by atoms with van der Waals surface area (Å²) in [5.74, 6) is -3.31. The zero-order chi connectivity index (χ0) is 42.2. The number of carbonyl (C=O) groups excluding carboxylic acids is 1. The second kappa shape index (κ2) is 17.8. The number of esters is 1.